The van der Waals surface area contributed by atoms with Gasteiger partial charge in [0.2, 0.25) is 5.91 Å². The standard InChI is InChI=1S/C14H15ClF4N2O/c15-11-7-10(1-2-12(11)16)20-13(22)9-3-5-21(6-4-9)8-14(17,18)19/h1-2,7,9H,3-6,8H2,(H,20,22). The number of alkyl halides is 3. The molecule has 1 fully saturated rings. The van der Waals surface area contributed by atoms with E-state index >= 15 is 0 Å². The summed E-state index contributed by atoms with van der Waals surface area (Å²) in [4.78, 5) is 13.4. The summed E-state index contributed by atoms with van der Waals surface area (Å²) in [6, 6.07) is 3.83. The van der Waals surface area contributed by atoms with E-state index in [1.807, 2.05) is 0 Å². The highest BCUT2D eigenvalue weighted by atomic mass is 35.5. The van der Waals surface area contributed by atoms with Gasteiger partial charge in [-0.2, -0.15) is 13.2 Å². The third-order valence-electron chi connectivity index (χ3n) is 3.55. The molecule has 1 amide bonds. The summed E-state index contributed by atoms with van der Waals surface area (Å²) < 4.78 is 49.9. The molecule has 1 N–H and O–H groups in total. The average molecular weight is 339 g/mol. The zero-order valence-electron chi connectivity index (χ0n) is 11.6. The smallest absolute Gasteiger partial charge is 0.326 e. The second-order valence-corrected chi connectivity index (χ2v) is 5.69. The molecule has 122 valence electrons. The molecule has 0 aromatic heterocycles. The first-order valence-electron chi connectivity index (χ1n) is 6.79. The van der Waals surface area contributed by atoms with Crippen LogP contribution in [-0.4, -0.2) is 36.6 Å². The number of halogens is 5. The molecule has 0 bridgehead atoms. The summed E-state index contributed by atoms with van der Waals surface area (Å²) in [5.41, 5.74) is 0.370. The van der Waals surface area contributed by atoms with Crippen LogP contribution >= 0.6 is 11.6 Å². The number of benzene rings is 1. The van der Waals surface area contributed by atoms with Crippen molar-refractivity contribution in [3.05, 3.63) is 29.0 Å². The van der Waals surface area contributed by atoms with E-state index in [9.17, 15) is 22.4 Å². The molecule has 0 atom stereocenters. The predicted octanol–water partition coefficient (Wildman–Crippen LogP) is 3.69. The lowest BCUT2D eigenvalue weighted by Gasteiger charge is -2.31. The maximum atomic E-state index is 13.0. The van der Waals surface area contributed by atoms with E-state index in [1.165, 1.54) is 17.0 Å². The molecule has 1 saturated heterocycles. The topological polar surface area (TPSA) is 32.3 Å². The Hall–Kier alpha value is -1.34. The molecule has 8 heteroatoms. The van der Waals surface area contributed by atoms with Crippen LogP contribution in [0.25, 0.3) is 0 Å². The van der Waals surface area contributed by atoms with Crippen molar-refractivity contribution >= 4 is 23.2 Å². The van der Waals surface area contributed by atoms with Crippen LogP contribution in [0.2, 0.25) is 5.02 Å². The fraction of sp³-hybridized carbons (Fsp3) is 0.500. The van der Waals surface area contributed by atoms with E-state index in [4.69, 9.17) is 11.6 Å². The molecule has 1 aromatic carbocycles. The lowest BCUT2D eigenvalue weighted by Crippen LogP contribution is -2.42. The molecule has 0 unspecified atom stereocenters. The van der Waals surface area contributed by atoms with Crippen LogP contribution < -0.4 is 5.32 Å². The van der Waals surface area contributed by atoms with Gasteiger partial charge in [-0.1, -0.05) is 11.6 Å². The maximum absolute atomic E-state index is 13.0. The van der Waals surface area contributed by atoms with Gasteiger partial charge in [0.25, 0.3) is 0 Å². The second-order valence-electron chi connectivity index (χ2n) is 5.28. The number of nitrogens with zero attached hydrogens (tertiary/aromatic N) is 1. The molecule has 0 aliphatic carbocycles. The zero-order valence-corrected chi connectivity index (χ0v) is 12.3. The molecule has 1 heterocycles. The van der Waals surface area contributed by atoms with Crippen LogP contribution in [0.4, 0.5) is 23.2 Å². The van der Waals surface area contributed by atoms with E-state index < -0.39 is 18.5 Å². The van der Waals surface area contributed by atoms with Crippen molar-refractivity contribution in [2.75, 3.05) is 25.0 Å². The fourth-order valence-corrected chi connectivity index (χ4v) is 2.61. The normalized spacial score (nSPS) is 17.5. The van der Waals surface area contributed by atoms with Gasteiger partial charge in [-0.25, -0.2) is 4.39 Å². The SMILES string of the molecule is O=C(Nc1ccc(F)c(Cl)c1)C1CCN(CC(F)(F)F)CC1. The van der Waals surface area contributed by atoms with Gasteiger partial charge in [0.1, 0.15) is 5.82 Å². The van der Waals surface area contributed by atoms with Crippen molar-refractivity contribution in [1.29, 1.82) is 0 Å². The van der Waals surface area contributed by atoms with E-state index in [0.29, 0.717) is 18.5 Å². The molecular formula is C14H15ClF4N2O. The first-order chi connectivity index (χ1) is 10.2. The number of hydrogen-bond acceptors (Lipinski definition) is 2. The molecule has 0 saturated carbocycles. The third-order valence-corrected chi connectivity index (χ3v) is 3.84. The number of carbonyl (C=O) groups is 1. The minimum absolute atomic E-state index is 0.0993. The Balaban J connectivity index is 1.86. The Kier molecular flexibility index (Phi) is 5.28. The highest BCUT2D eigenvalue weighted by Gasteiger charge is 2.33. The summed E-state index contributed by atoms with van der Waals surface area (Å²) in [5, 5.41) is 2.51. The molecule has 1 aromatic rings. The van der Waals surface area contributed by atoms with Crippen LogP contribution in [0.5, 0.6) is 0 Å². The Bertz CT molecular complexity index is 542. The molecule has 0 spiro atoms. The van der Waals surface area contributed by atoms with Crippen LogP contribution in [0.1, 0.15) is 12.8 Å². The molecule has 1 aliphatic heterocycles. The van der Waals surface area contributed by atoms with Gasteiger partial charge >= 0.3 is 6.18 Å². The van der Waals surface area contributed by atoms with Crippen LogP contribution in [0.3, 0.4) is 0 Å². The predicted molar refractivity (Wildman–Crippen MR) is 75.3 cm³/mol. The van der Waals surface area contributed by atoms with Crippen molar-refractivity contribution in [2.24, 2.45) is 5.92 Å². The summed E-state index contributed by atoms with van der Waals surface area (Å²) in [7, 11) is 0. The fourth-order valence-electron chi connectivity index (χ4n) is 2.43. The molecular weight excluding hydrogens is 324 g/mol. The monoisotopic (exact) mass is 338 g/mol. The van der Waals surface area contributed by atoms with E-state index in [-0.39, 0.29) is 29.9 Å². The Labute approximate surface area is 130 Å². The van der Waals surface area contributed by atoms with Gasteiger partial charge in [-0.15, -0.1) is 0 Å². The minimum atomic E-state index is -4.22. The Morgan fingerprint density at radius 3 is 2.50 bits per heavy atom. The quantitative estimate of drug-likeness (QED) is 0.852. The van der Waals surface area contributed by atoms with Crippen molar-refractivity contribution in [3.8, 4) is 0 Å². The van der Waals surface area contributed by atoms with Gasteiger partial charge in [0.05, 0.1) is 11.6 Å². The first-order valence-corrected chi connectivity index (χ1v) is 7.17. The van der Waals surface area contributed by atoms with Crippen LogP contribution in [-0.2, 0) is 4.79 Å². The molecule has 2 rings (SSSR count). The largest absolute Gasteiger partial charge is 0.401 e. The van der Waals surface area contributed by atoms with Gasteiger partial charge < -0.3 is 5.32 Å². The third kappa shape index (κ3) is 4.84. The van der Waals surface area contributed by atoms with Crippen molar-refractivity contribution in [2.45, 2.75) is 19.0 Å². The van der Waals surface area contributed by atoms with Gasteiger partial charge in [-0.05, 0) is 44.1 Å². The molecule has 1 aliphatic rings. The number of hydrogen-bond donors (Lipinski definition) is 1. The number of rotatable bonds is 3. The van der Waals surface area contributed by atoms with E-state index in [0.717, 1.165) is 6.07 Å². The van der Waals surface area contributed by atoms with Crippen molar-refractivity contribution in [3.63, 3.8) is 0 Å². The summed E-state index contributed by atoms with van der Waals surface area (Å²) >= 11 is 5.62. The number of piperidine rings is 1. The lowest BCUT2D eigenvalue weighted by atomic mass is 9.96. The number of amides is 1. The van der Waals surface area contributed by atoms with Gasteiger partial charge in [-0.3, -0.25) is 9.69 Å². The molecule has 22 heavy (non-hydrogen) atoms. The number of carbonyl (C=O) groups excluding carboxylic acids is 1. The second kappa shape index (κ2) is 6.83. The van der Waals surface area contributed by atoms with Gasteiger partial charge in [0, 0.05) is 11.6 Å². The van der Waals surface area contributed by atoms with E-state index in [2.05, 4.69) is 5.32 Å². The first kappa shape index (κ1) is 17.0. The number of likely N-dealkylation sites (tertiary alicyclic amines) is 1. The van der Waals surface area contributed by atoms with Gasteiger partial charge in [0.15, 0.2) is 0 Å². The number of nitrogens with one attached hydrogen (secondary N) is 1. The number of anilines is 1. The Morgan fingerprint density at radius 2 is 1.95 bits per heavy atom. The average Bonchev–Trinajstić information content (AvgIpc) is 2.42. The molecule has 0 radical (unpaired) electrons. The lowest BCUT2D eigenvalue weighted by molar-refractivity contribution is -0.149. The summed E-state index contributed by atoms with van der Waals surface area (Å²) in [6.45, 7) is -0.502. The maximum Gasteiger partial charge on any atom is 0.401 e. The highest BCUT2D eigenvalue weighted by Crippen LogP contribution is 2.24. The van der Waals surface area contributed by atoms with Crippen molar-refractivity contribution < 1.29 is 22.4 Å². The zero-order chi connectivity index (χ0) is 16.3. The minimum Gasteiger partial charge on any atom is -0.326 e. The van der Waals surface area contributed by atoms with E-state index in [1.54, 1.807) is 0 Å². The summed E-state index contributed by atoms with van der Waals surface area (Å²) in [5.74, 6) is -1.22. The molecule has 3 nitrogen and oxygen atoms in total. The Morgan fingerprint density at radius 1 is 1.32 bits per heavy atom. The highest BCUT2D eigenvalue weighted by molar-refractivity contribution is 6.31. The van der Waals surface area contributed by atoms with Crippen LogP contribution in [0.15, 0.2) is 18.2 Å². The summed E-state index contributed by atoms with van der Waals surface area (Å²) in [6.07, 6.45) is -3.51. The van der Waals surface area contributed by atoms with Crippen molar-refractivity contribution in [1.82, 2.24) is 4.90 Å². The van der Waals surface area contributed by atoms with Crippen LogP contribution in [0, 0.1) is 11.7 Å².